The summed E-state index contributed by atoms with van der Waals surface area (Å²) >= 11 is 6.06. The number of halogens is 1. The molecule has 2 saturated heterocycles. The third-order valence-electron chi connectivity index (χ3n) is 7.93. The molecule has 39 heavy (non-hydrogen) atoms. The molecule has 3 aromatic rings. The number of nitriles is 1. The fraction of sp³-hybridized carbons (Fsp3) is 0.452. The van der Waals surface area contributed by atoms with Gasteiger partial charge in [-0.25, -0.2) is 4.98 Å². The van der Waals surface area contributed by atoms with Gasteiger partial charge in [-0.05, 0) is 82.6 Å². The average molecular weight is 545 g/mol. The second kappa shape index (κ2) is 12.3. The van der Waals surface area contributed by atoms with Crippen molar-refractivity contribution in [1.29, 1.82) is 5.26 Å². The molecule has 6 rings (SSSR count). The van der Waals surface area contributed by atoms with E-state index in [4.69, 9.17) is 21.3 Å². The number of para-hydroxylation sites is 1. The van der Waals surface area contributed by atoms with E-state index in [1.165, 1.54) is 31.5 Å². The van der Waals surface area contributed by atoms with Crippen molar-refractivity contribution >= 4 is 17.4 Å². The number of rotatable bonds is 4. The first-order chi connectivity index (χ1) is 19.0. The number of ether oxygens (including phenoxy) is 1. The van der Waals surface area contributed by atoms with Crippen LogP contribution in [0.15, 0.2) is 48.7 Å². The van der Waals surface area contributed by atoms with Crippen LogP contribution in [0.25, 0.3) is 11.3 Å². The maximum absolute atomic E-state index is 9.55. The minimum absolute atomic E-state index is 0.0447. The van der Waals surface area contributed by atoms with Crippen molar-refractivity contribution in [2.75, 3.05) is 51.3 Å². The van der Waals surface area contributed by atoms with Gasteiger partial charge in [-0.3, -0.25) is 9.88 Å². The van der Waals surface area contributed by atoms with Gasteiger partial charge in [0.25, 0.3) is 0 Å². The highest BCUT2D eigenvalue weighted by Crippen LogP contribution is 2.43. The predicted octanol–water partition coefficient (Wildman–Crippen LogP) is 5.42. The van der Waals surface area contributed by atoms with Crippen LogP contribution in [0, 0.1) is 11.3 Å². The molecule has 204 valence electrons. The molecule has 0 atom stereocenters. The highest BCUT2D eigenvalue weighted by atomic mass is 35.5. The fourth-order valence-electron chi connectivity index (χ4n) is 6.09. The molecular weight excluding hydrogens is 508 g/mol. The van der Waals surface area contributed by atoms with Crippen molar-refractivity contribution in [2.24, 2.45) is 0 Å². The zero-order chi connectivity index (χ0) is 27.2. The lowest BCUT2D eigenvalue weighted by molar-refractivity contribution is 0.178. The van der Waals surface area contributed by atoms with Gasteiger partial charge in [0.05, 0.1) is 28.6 Å². The van der Waals surface area contributed by atoms with Crippen molar-refractivity contribution < 1.29 is 4.74 Å². The minimum Gasteiger partial charge on any atom is -0.493 e. The van der Waals surface area contributed by atoms with E-state index in [9.17, 15) is 5.26 Å². The Balaban J connectivity index is 0.000000555. The Hall–Kier alpha value is -3.18. The Morgan fingerprint density at radius 3 is 2.59 bits per heavy atom. The molecule has 2 fully saturated rings. The first kappa shape index (κ1) is 27.4. The molecule has 3 aliphatic heterocycles. The van der Waals surface area contributed by atoms with Crippen LogP contribution in [-0.4, -0.2) is 61.2 Å². The number of piperidine rings is 1. The molecule has 2 aromatic heterocycles. The molecule has 1 N–H and O–H groups in total. The Kier molecular flexibility index (Phi) is 8.66. The summed E-state index contributed by atoms with van der Waals surface area (Å²) in [6.07, 6.45) is 6.36. The highest BCUT2D eigenvalue weighted by molar-refractivity contribution is 6.30. The number of aromatic nitrogens is 2. The Morgan fingerprint density at radius 2 is 1.90 bits per heavy atom. The van der Waals surface area contributed by atoms with Crippen LogP contribution >= 0.6 is 11.6 Å². The normalized spacial score (nSPS) is 18.2. The molecule has 0 unspecified atom stereocenters. The minimum atomic E-state index is 0.0447. The molecule has 0 bridgehead atoms. The summed E-state index contributed by atoms with van der Waals surface area (Å²) in [6, 6.07) is 16.5. The number of likely N-dealkylation sites (N-methyl/N-ethyl adjacent to an activating group) is 1. The second-order valence-corrected chi connectivity index (χ2v) is 11.1. The smallest absolute Gasteiger partial charge is 0.146 e. The van der Waals surface area contributed by atoms with Crippen molar-refractivity contribution in [1.82, 2.24) is 20.2 Å². The Morgan fingerprint density at radius 1 is 1.13 bits per heavy atom. The van der Waals surface area contributed by atoms with E-state index in [2.05, 4.69) is 51.4 Å². The standard InChI is InChI=1S/C27H28ClN5O.C4H9N/c1-3-34-25-7-5-4-6-21(25)23-9-8-22-24(31-23)17-32(2)18-27(22)10-12-33(13-11-27)26-19(15-29)14-20(28)16-30-26;1-2-4-5-3-1/h4-9,14,16H,3,10-13,17-18H2,1-2H3;5H,1-4H2. The van der Waals surface area contributed by atoms with Gasteiger partial charge in [-0.1, -0.05) is 29.8 Å². The summed E-state index contributed by atoms with van der Waals surface area (Å²) in [5, 5.41) is 13.3. The molecule has 0 saturated carbocycles. The number of anilines is 1. The molecule has 0 radical (unpaired) electrons. The van der Waals surface area contributed by atoms with E-state index in [0.717, 1.165) is 67.5 Å². The maximum atomic E-state index is 9.55. The zero-order valence-electron chi connectivity index (χ0n) is 22.9. The predicted molar refractivity (Wildman–Crippen MR) is 156 cm³/mol. The zero-order valence-corrected chi connectivity index (χ0v) is 23.7. The maximum Gasteiger partial charge on any atom is 0.146 e. The number of benzene rings is 1. The van der Waals surface area contributed by atoms with Crippen LogP contribution < -0.4 is 15.0 Å². The van der Waals surface area contributed by atoms with Crippen LogP contribution in [0.3, 0.4) is 0 Å². The van der Waals surface area contributed by atoms with E-state index in [0.29, 0.717) is 17.2 Å². The van der Waals surface area contributed by atoms with Crippen LogP contribution in [0.1, 0.15) is 49.4 Å². The number of hydrogen-bond donors (Lipinski definition) is 1. The lowest BCUT2D eigenvalue weighted by atomic mass is 9.70. The molecule has 3 aliphatic rings. The van der Waals surface area contributed by atoms with E-state index < -0.39 is 0 Å². The second-order valence-electron chi connectivity index (χ2n) is 10.7. The van der Waals surface area contributed by atoms with E-state index in [-0.39, 0.29) is 5.41 Å². The molecule has 8 heteroatoms. The van der Waals surface area contributed by atoms with Crippen molar-refractivity contribution in [3.05, 3.63) is 70.5 Å². The molecule has 1 spiro atoms. The van der Waals surface area contributed by atoms with Crippen LogP contribution in [0.4, 0.5) is 5.82 Å². The monoisotopic (exact) mass is 544 g/mol. The van der Waals surface area contributed by atoms with Gasteiger partial charge in [-0.15, -0.1) is 0 Å². The van der Waals surface area contributed by atoms with Gasteiger partial charge in [0.1, 0.15) is 17.6 Å². The third-order valence-corrected chi connectivity index (χ3v) is 8.14. The largest absolute Gasteiger partial charge is 0.493 e. The van der Waals surface area contributed by atoms with Crippen LogP contribution in [0.5, 0.6) is 5.75 Å². The van der Waals surface area contributed by atoms with Crippen molar-refractivity contribution in [3.63, 3.8) is 0 Å². The fourth-order valence-corrected chi connectivity index (χ4v) is 6.25. The van der Waals surface area contributed by atoms with Gasteiger partial charge < -0.3 is 15.0 Å². The van der Waals surface area contributed by atoms with E-state index in [1.54, 1.807) is 12.3 Å². The lowest BCUT2D eigenvalue weighted by Crippen LogP contribution is -2.51. The first-order valence-corrected chi connectivity index (χ1v) is 14.3. The summed E-state index contributed by atoms with van der Waals surface area (Å²) in [5.41, 5.74) is 5.06. The van der Waals surface area contributed by atoms with Gasteiger partial charge in [0, 0.05) is 43.4 Å². The highest BCUT2D eigenvalue weighted by Gasteiger charge is 2.42. The van der Waals surface area contributed by atoms with Gasteiger partial charge >= 0.3 is 0 Å². The molecule has 1 aromatic carbocycles. The van der Waals surface area contributed by atoms with Gasteiger partial charge in [0.15, 0.2) is 0 Å². The van der Waals surface area contributed by atoms with E-state index >= 15 is 0 Å². The number of nitrogens with one attached hydrogen (secondary N) is 1. The Bertz CT molecular complexity index is 1320. The van der Waals surface area contributed by atoms with Gasteiger partial charge in [-0.2, -0.15) is 5.26 Å². The number of fused-ring (bicyclic) bond motifs is 2. The van der Waals surface area contributed by atoms with E-state index in [1.807, 2.05) is 25.1 Å². The number of nitrogens with zero attached hydrogens (tertiary/aromatic N) is 5. The third kappa shape index (κ3) is 6.04. The van der Waals surface area contributed by atoms with Crippen molar-refractivity contribution in [2.45, 2.75) is 44.6 Å². The lowest BCUT2D eigenvalue weighted by Gasteiger charge is -2.48. The summed E-state index contributed by atoms with van der Waals surface area (Å²) < 4.78 is 5.85. The first-order valence-electron chi connectivity index (χ1n) is 14.0. The molecule has 5 heterocycles. The van der Waals surface area contributed by atoms with Crippen LogP contribution in [0.2, 0.25) is 5.02 Å². The summed E-state index contributed by atoms with van der Waals surface area (Å²) in [7, 11) is 2.17. The molecule has 0 amide bonds. The van der Waals surface area contributed by atoms with Crippen LogP contribution in [-0.2, 0) is 12.0 Å². The quantitative estimate of drug-likeness (QED) is 0.470. The molecular formula is C31H37ClN6O. The molecule has 7 nitrogen and oxygen atoms in total. The SMILES string of the molecule is C1CCNC1.CCOc1ccccc1-c1ccc2c(n1)CN(C)CC21CCN(c2ncc(Cl)cc2C#N)CC1. The van der Waals surface area contributed by atoms with Gasteiger partial charge in [0.2, 0.25) is 0 Å². The Labute approximate surface area is 236 Å². The summed E-state index contributed by atoms with van der Waals surface area (Å²) in [6.45, 7) is 8.64. The molecule has 0 aliphatic carbocycles. The topological polar surface area (TPSA) is 77.3 Å². The number of pyridine rings is 2. The summed E-state index contributed by atoms with van der Waals surface area (Å²) in [4.78, 5) is 14.2. The average Bonchev–Trinajstić information content (AvgIpc) is 3.54. The summed E-state index contributed by atoms with van der Waals surface area (Å²) in [5.74, 6) is 1.60. The van der Waals surface area contributed by atoms with Crippen molar-refractivity contribution in [3.8, 4) is 23.1 Å². The number of hydrogen-bond acceptors (Lipinski definition) is 7.